The highest BCUT2D eigenvalue weighted by atomic mass is 35.5. The van der Waals surface area contributed by atoms with Crippen molar-refractivity contribution in [1.29, 1.82) is 0 Å². The maximum absolute atomic E-state index is 12.6. The number of allylic oxidation sites excluding steroid dienone is 5. The summed E-state index contributed by atoms with van der Waals surface area (Å²) in [5, 5.41) is 8.79. The molecule has 0 amide bonds. The number of carboxylic acid groups (broad SMARTS) is 1. The zero-order chi connectivity index (χ0) is 22.1. The zero-order valence-electron chi connectivity index (χ0n) is 16.1. The summed E-state index contributed by atoms with van der Waals surface area (Å²) in [5.41, 5.74) is -0.234. The molecule has 0 aromatic heterocycles. The molecular weight excluding hydrogens is 421 g/mol. The van der Waals surface area contributed by atoms with Crippen LogP contribution in [0.5, 0.6) is 5.75 Å². The van der Waals surface area contributed by atoms with Crippen LogP contribution in [0.3, 0.4) is 0 Å². The second-order valence-corrected chi connectivity index (χ2v) is 7.29. The summed E-state index contributed by atoms with van der Waals surface area (Å²) in [6.07, 6.45) is 5.70. The van der Waals surface area contributed by atoms with Crippen LogP contribution < -0.4 is 4.74 Å². The molecule has 162 valence electrons. The Balaban J connectivity index is 1.87. The van der Waals surface area contributed by atoms with Gasteiger partial charge in [-0.1, -0.05) is 43.0 Å². The first-order valence-corrected chi connectivity index (χ1v) is 9.90. The van der Waals surface area contributed by atoms with Gasteiger partial charge in [-0.15, -0.1) is 0 Å². The van der Waals surface area contributed by atoms with Gasteiger partial charge in [0.05, 0.1) is 16.9 Å². The number of benzene rings is 1. The largest absolute Gasteiger partial charge is 0.481 e. The third-order valence-corrected chi connectivity index (χ3v) is 4.92. The Kier molecular flexibility index (Phi) is 8.72. The van der Waals surface area contributed by atoms with E-state index < -0.39 is 17.7 Å². The molecule has 1 unspecified atom stereocenters. The van der Waals surface area contributed by atoms with Crippen molar-refractivity contribution in [2.75, 3.05) is 0 Å². The summed E-state index contributed by atoms with van der Waals surface area (Å²) in [7, 11) is 0. The van der Waals surface area contributed by atoms with Crippen molar-refractivity contribution in [1.82, 2.24) is 0 Å². The van der Waals surface area contributed by atoms with E-state index in [1.807, 2.05) is 0 Å². The molecule has 1 aromatic carbocycles. The fourth-order valence-corrected chi connectivity index (χ4v) is 3.33. The predicted molar refractivity (Wildman–Crippen MR) is 107 cm³/mol. The molecule has 1 atom stereocenters. The van der Waals surface area contributed by atoms with Crippen LogP contribution in [0.4, 0.5) is 13.2 Å². The first-order chi connectivity index (χ1) is 14.2. The molecule has 0 saturated heterocycles. The number of carbonyl (C=O) groups is 2. The van der Waals surface area contributed by atoms with E-state index in [1.165, 1.54) is 24.5 Å². The molecule has 0 radical (unpaired) electrons. The average molecular weight is 443 g/mol. The smallest absolute Gasteiger partial charge is 0.416 e. The molecule has 2 rings (SSSR count). The van der Waals surface area contributed by atoms with Gasteiger partial charge in [0, 0.05) is 17.9 Å². The Morgan fingerprint density at radius 1 is 1.13 bits per heavy atom. The van der Waals surface area contributed by atoms with E-state index in [0.717, 1.165) is 31.4 Å². The van der Waals surface area contributed by atoms with Crippen molar-refractivity contribution in [3.05, 3.63) is 64.9 Å². The maximum atomic E-state index is 12.6. The molecule has 1 N–H and O–H groups in total. The number of alkyl halides is 3. The first kappa shape index (κ1) is 23.7. The third-order valence-electron chi connectivity index (χ3n) is 4.62. The zero-order valence-corrected chi connectivity index (χ0v) is 16.9. The second-order valence-electron chi connectivity index (χ2n) is 6.89. The average Bonchev–Trinajstić information content (AvgIpc) is 2.95. The lowest BCUT2D eigenvalue weighted by Crippen LogP contribution is -2.04. The fraction of sp³-hybridized carbons (Fsp3) is 0.364. The first-order valence-electron chi connectivity index (χ1n) is 9.53. The molecular formula is C22H22ClF3O4. The molecule has 0 spiro atoms. The van der Waals surface area contributed by atoms with Crippen molar-refractivity contribution in [3.63, 3.8) is 0 Å². The van der Waals surface area contributed by atoms with Crippen LogP contribution >= 0.6 is 11.6 Å². The van der Waals surface area contributed by atoms with Gasteiger partial charge in [0.25, 0.3) is 0 Å². The number of unbranched alkanes of at least 4 members (excludes halogenated alkanes) is 3. The number of halogens is 4. The van der Waals surface area contributed by atoms with Crippen LogP contribution in [-0.4, -0.2) is 16.9 Å². The van der Waals surface area contributed by atoms with E-state index in [2.05, 4.69) is 0 Å². The van der Waals surface area contributed by atoms with Crippen LogP contribution in [0, 0.1) is 5.92 Å². The van der Waals surface area contributed by atoms with Gasteiger partial charge in [-0.05, 0) is 43.2 Å². The van der Waals surface area contributed by atoms with Gasteiger partial charge >= 0.3 is 12.1 Å². The van der Waals surface area contributed by atoms with Crippen molar-refractivity contribution in [2.24, 2.45) is 5.92 Å². The lowest BCUT2D eigenvalue weighted by molar-refractivity contribution is -0.138. The monoisotopic (exact) mass is 442 g/mol. The van der Waals surface area contributed by atoms with Crippen LogP contribution in [-0.2, 0) is 15.8 Å². The number of carboxylic acids is 1. The number of hydrogen-bond donors (Lipinski definition) is 1. The highest BCUT2D eigenvalue weighted by Gasteiger charge is 2.30. The summed E-state index contributed by atoms with van der Waals surface area (Å²) >= 11 is 5.97. The Bertz CT molecular complexity index is 839. The molecule has 1 aliphatic carbocycles. The quantitative estimate of drug-likeness (QED) is 0.263. The Morgan fingerprint density at radius 2 is 1.80 bits per heavy atom. The number of ether oxygens (including phenoxy) is 1. The minimum atomic E-state index is -4.40. The standard InChI is InChI=1S/C22H22ClF3O4/c23-19-14-15(6-3-1-2-4-8-20(27)28)18(21(19)29)7-5-13-30-17-11-9-16(10-12-17)22(24,25)26/h5,7,9-15H,1-4,6,8H2,(H,27,28)/b13-5+,18-7-. The van der Waals surface area contributed by atoms with E-state index >= 15 is 0 Å². The summed E-state index contributed by atoms with van der Waals surface area (Å²) in [4.78, 5) is 22.7. The number of rotatable bonds is 10. The van der Waals surface area contributed by atoms with E-state index in [9.17, 15) is 22.8 Å². The second kappa shape index (κ2) is 11.0. The van der Waals surface area contributed by atoms with Crippen molar-refractivity contribution < 1.29 is 32.6 Å². The van der Waals surface area contributed by atoms with Crippen molar-refractivity contribution in [3.8, 4) is 5.75 Å². The van der Waals surface area contributed by atoms with Gasteiger partial charge in [-0.3, -0.25) is 9.59 Å². The number of carbonyl (C=O) groups excluding carboxylic acids is 1. The van der Waals surface area contributed by atoms with Crippen LogP contribution in [0.25, 0.3) is 0 Å². The molecule has 4 nitrogen and oxygen atoms in total. The maximum Gasteiger partial charge on any atom is 0.416 e. The van der Waals surface area contributed by atoms with E-state index in [1.54, 1.807) is 12.2 Å². The highest BCUT2D eigenvalue weighted by molar-refractivity contribution is 6.46. The van der Waals surface area contributed by atoms with Crippen LogP contribution in [0.15, 0.2) is 59.4 Å². The molecule has 0 heterocycles. The van der Waals surface area contributed by atoms with Crippen LogP contribution in [0.2, 0.25) is 0 Å². The minimum Gasteiger partial charge on any atom is -0.481 e. The van der Waals surface area contributed by atoms with Crippen LogP contribution in [0.1, 0.15) is 44.1 Å². The van der Waals surface area contributed by atoms with Gasteiger partial charge < -0.3 is 9.84 Å². The van der Waals surface area contributed by atoms with Crippen molar-refractivity contribution >= 4 is 23.4 Å². The minimum absolute atomic E-state index is 0.125. The number of hydrogen-bond acceptors (Lipinski definition) is 3. The molecule has 30 heavy (non-hydrogen) atoms. The lowest BCUT2D eigenvalue weighted by Gasteiger charge is -2.09. The molecule has 0 saturated carbocycles. The fourth-order valence-electron chi connectivity index (χ4n) is 3.06. The van der Waals surface area contributed by atoms with Gasteiger partial charge in [0.2, 0.25) is 5.78 Å². The normalized spacial score (nSPS) is 18.3. The van der Waals surface area contributed by atoms with Crippen molar-refractivity contribution in [2.45, 2.75) is 44.7 Å². The summed E-state index contributed by atoms with van der Waals surface area (Å²) < 4.78 is 42.9. The summed E-state index contributed by atoms with van der Waals surface area (Å²) in [5.74, 6) is -0.946. The summed E-state index contributed by atoms with van der Waals surface area (Å²) in [6, 6.07) is 4.29. The highest BCUT2D eigenvalue weighted by Crippen LogP contribution is 2.33. The molecule has 1 aliphatic rings. The molecule has 0 aliphatic heterocycles. The van der Waals surface area contributed by atoms with E-state index in [-0.39, 0.29) is 28.9 Å². The predicted octanol–water partition coefficient (Wildman–Crippen LogP) is 6.27. The Labute approximate surface area is 177 Å². The van der Waals surface area contributed by atoms with E-state index in [0.29, 0.717) is 18.4 Å². The Hall–Kier alpha value is -2.54. The molecule has 0 bridgehead atoms. The molecule has 1 aromatic rings. The van der Waals surface area contributed by atoms with E-state index in [4.69, 9.17) is 21.4 Å². The summed E-state index contributed by atoms with van der Waals surface area (Å²) in [6.45, 7) is 0. The van der Waals surface area contributed by atoms with Gasteiger partial charge in [0.1, 0.15) is 5.75 Å². The van der Waals surface area contributed by atoms with Gasteiger partial charge in [-0.2, -0.15) is 13.2 Å². The third kappa shape index (κ3) is 7.37. The Morgan fingerprint density at radius 3 is 2.43 bits per heavy atom. The topological polar surface area (TPSA) is 63.6 Å². The SMILES string of the molecule is O=C(O)CCCCCCC1C=C(Cl)C(=O)/C1=C\C=C\Oc1ccc(C(F)(F)F)cc1. The molecule has 8 heteroatoms. The lowest BCUT2D eigenvalue weighted by atomic mass is 9.95. The molecule has 0 fully saturated rings. The number of aliphatic carboxylic acids is 1. The number of Topliss-reactive ketones (excluding diaryl/α,β-unsaturated/α-hetero) is 1. The van der Waals surface area contributed by atoms with Gasteiger partial charge in [0.15, 0.2) is 0 Å². The number of ketones is 1. The van der Waals surface area contributed by atoms with Gasteiger partial charge in [-0.25, -0.2) is 0 Å².